The Morgan fingerprint density at radius 3 is 2.37 bits per heavy atom. The topological polar surface area (TPSA) is 26.3 Å². The Bertz CT molecular complexity index is 365. The molecule has 0 spiro atoms. The second-order valence-corrected chi connectivity index (χ2v) is 12.5. The third-order valence-corrected chi connectivity index (χ3v) is 9.66. The van der Waals surface area contributed by atoms with Gasteiger partial charge in [0, 0.05) is 18.9 Å². The maximum absolute atomic E-state index is 11.9. The van der Waals surface area contributed by atoms with Gasteiger partial charge in [0.05, 0.1) is 0 Å². The summed E-state index contributed by atoms with van der Waals surface area (Å²) >= 11 is 0. The zero-order valence-electron chi connectivity index (χ0n) is 13.7. The van der Waals surface area contributed by atoms with E-state index >= 15 is 0 Å². The largest absolute Gasteiger partial charge is 0.417 e. The number of allylic oxidation sites excluding steroid dienone is 1. The maximum atomic E-state index is 11.9. The van der Waals surface area contributed by atoms with Crippen LogP contribution in [0.25, 0.3) is 0 Å². The number of rotatable bonds is 4. The summed E-state index contributed by atoms with van der Waals surface area (Å²) in [6.07, 6.45) is 0.655. The molecule has 1 aliphatic rings. The second-order valence-electron chi connectivity index (χ2n) is 7.65. The van der Waals surface area contributed by atoms with Crippen molar-refractivity contribution in [2.24, 2.45) is 17.8 Å². The molecule has 19 heavy (non-hydrogen) atoms. The van der Waals surface area contributed by atoms with Crippen molar-refractivity contribution in [3.63, 3.8) is 0 Å². The molecule has 1 aliphatic carbocycles. The molecule has 0 aliphatic heterocycles. The van der Waals surface area contributed by atoms with Gasteiger partial charge in [-0.05, 0) is 36.9 Å². The molecule has 3 atom stereocenters. The van der Waals surface area contributed by atoms with E-state index in [-0.39, 0.29) is 11.0 Å². The first-order valence-corrected chi connectivity index (χ1v) is 10.2. The van der Waals surface area contributed by atoms with E-state index in [9.17, 15) is 4.79 Å². The van der Waals surface area contributed by atoms with E-state index in [4.69, 9.17) is 4.43 Å². The number of ketones is 1. The van der Waals surface area contributed by atoms with E-state index in [1.807, 2.05) is 13.8 Å². The lowest BCUT2D eigenvalue weighted by atomic mass is 9.87. The van der Waals surface area contributed by atoms with E-state index in [1.54, 1.807) is 0 Å². The van der Waals surface area contributed by atoms with Crippen LogP contribution in [-0.4, -0.2) is 20.7 Å². The van der Waals surface area contributed by atoms with Crippen molar-refractivity contribution in [1.29, 1.82) is 0 Å². The average molecular weight is 282 g/mol. The van der Waals surface area contributed by atoms with Crippen LogP contribution in [0.1, 0.15) is 41.0 Å². The van der Waals surface area contributed by atoms with Crippen molar-refractivity contribution in [1.82, 2.24) is 0 Å². The number of hydrogen-bond acceptors (Lipinski definition) is 2. The molecule has 0 saturated heterocycles. The molecular weight excluding hydrogens is 252 g/mol. The molecule has 0 unspecified atom stereocenters. The molecule has 0 bridgehead atoms. The highest BCUT2D eigenvalue weighted by Gasteiger charge is 2.43. The first kappa shape index (κ1) is 16.6. The van der Waals surface area contributed by atoms with Gasteiger partial charge in [-0.1, -0.05) is 39.8 Å². The molecule has 3 heteroatoms. The van der Waals surface area contributed by atoms with Crippen molar-refractivity contribution in [3.8, 4) is 0 Å². The van der Waals surface area contributed by atoms with Gasteiger partial charge in [-0.15, -0.1) is 0 Å². The fraction of sp³-hybridized carbons (Fsp3) is 0.812. The molecule has 1 saturated carbocycles. The smallest absolute Gasteiger partial charge is 0.191 e. The summed E-state index contributed by atoms with van der Waals surface area (Å²) in [5, 5.41) is 0.220. The van der Waals surface area contributed by atoms with Crippen LogP contribution < -0.4 is 0 Å². The average Bonchev–Trinajstić information content (AvgIpc) is 2.51. The van der Waals surface area contributed by atoms with Crippen molar-refractivity contribution < 1.29 is 9.22 Å². The van der Waals surface area contributed by atoms with Crippen LogP contribution in [0.15, 0.2) is 12.2 Å². The monoisotopic (exact) mass is 282 g/mol. The summed E-state index contributed by atoms with van der Waals surface area (Å²) in [4.78, 5) is 11.9. The Balaban J connectivity index is 2.75. The summed E-state index contributed by atoms with van der Waals surface area (Å²) in [5.74, 6) is 1.12. The summed E-state index contributed by atoms with van der Waals surface area (Å²) in [7, 11) is -1.73. The van der Waals surface area contributed by atoms with Crippen molar-refractivity contribution in [2.75, 3.05) is 6.61 Å². The normalized spacial score (nSPS) is 28.8. The molecule has 0 aromatic carbocycles. The van der Waals surface area contributed by atoms with E-state index in [0.29, 0.717) is 30.6 Å². The van der Waals surface area contributed by atoms with Crippen LogP contribution in [0.2, 0.25) is 18.1 Å². The minimum atomic E-state index is -1.73. The number of hydrogen-bond donors (Lipinski definition) is 0. The molecule has 2 nitrogen and oxygen atoms in total. The highest BCUT2D eigenvalue weighted by Crippen LogP contribution is 2.41. The van der Waals surface area contributed by atoms with Gasteiger partial charge < -0.3 is 4.43 Å². The molecule has 0 N–H and O–H groups in total. The van der Waals surface area contributed by atoms with Gasteiger partial charge in [0.2, 0.25) is 0 Å². The number of carbonyl (C=O) groups excluding carboxylic acids is 1. The van der Waals surface area contributed by atoms with Crippen LogP contribution in [-0.2, 0) is 9.22 Å². The van der Waals surface area contributed by atoms with E-state index < -0.39 is 8.32 Å². The lowest BCUT2D eigenvalue weighted by Crippen LogP contribution is -2.42. The van der Waals surface area contributed by atoms with Crippen molar-refractivity contribution in [3.05, 3.63) is 12.2 Å². The first-order valence-electron chi connectivity index (χ1n) is 7.29. The second kappa shape index (κ2) is 5.53. The SMILES string of the molecule is C=C(C)[C@H]1CC(=O)[C@H](C)[C@H]1CO[Si](C)(C)C(C)(C)C. The first-order chi connectivity index (χ1) is 8.47. The summed E-state index contributed by atoms with van der Waals surface area (Å²) in [6, 6.07) is 0. The molecular formula is C16H30O2Si. The number of Topliss-reactive ketones (excluding diaryl/α,β-unsaturated/α-hetero) is 1. The fourth-order valence-corrected chi connectivity index (χ4v) is 3.50. The van der Waals surface area contributed by atoms with Crippen LogP contribution in [0.5, 0.6) is 0 Å². The molecule has 1 rings (SSSR count). The third kappa shape index (κ3) is 3.57. The molecule has 0 aromatic heterocycles. The Morgan fingerprint density at radius 2 is 1.95 bits per heavy atom. The predicted molar refractivity (Wildman–Crippen MR) is 83.7 cm³/mol. The minimum Gasteiger partial charge on any atom is -0.417 e. The standard InChI is InChI=1S/C16H30O2Si/c1-11(2)13-9-15(17)12(3)14(13)10-18-19(7,8)16(4,5)6/h12-14H,1,9-10H2,2-8H3/t12-,13-,14-/m1/s1. The Kier molecular flexibility index (Phi) is 4.84. The lowest BCUT2D eigenvalue weighted by Gasteiger charge is -2.38. The number of carbonyl (C=O) groups is 1. The quantitative estimate of drug-likeness (QED) is 0.563. The Labute approximate surface area is 119 Å². The maximum Gasteiger partial charge on any atom is 0.191 e. The van der Waals surface area contributed by atoms with E-state index in [0.717, 1.165) is 5.57 Å². The minimum absolute atomic E-state index is 0.117. The molecule has 0 amide bonds. The highest BCUT2D eigenvalue weighted by molar-refractivity contribution is 6.74. The zero-order valence-corrected chi connectivity index (χ0v) is 14.7. The highest BCUT2D eigenvalue weighted by atomic mass is 28.4. The van der Waals surface area contributed by atoms with Crippen LogP contribution in [0.4, 0.5) is 0 Å². The summed E-state index contributed by atoms with van der Waals surface area (Å²) < 4.78 is 6.32. The van der Waals surface area contributed by atoms with Crippen LogP contribution in [0.3, 0.4) is 0 Å². The third-order valence-electron chi connectivity index (χ3n) is 5.16. The Hall–Kier alpha value is -0.413. The van der Waals surface area contributed by atoms with Crippen LogP contribution >= 0.6 is 0 Å². The van der Waals surface area contributed by atoms with Gasteiger partial charge in [0.15, 0.2) is 8.32 Å². The Morgan fingerprint density at radius 1 is 1.42 bits per heavy atom. The molecule has 0 heterocycles. The van der Waals surface area contributed by atoms with Gasteiger partial charge >= 0.3 is 0 Å². The van der Waals surface area contributed by atoms with Gasteiger partial charge in [-0.3, -0.25) is 4.79 Å². The molecule has 1 fully saturated rings. The summed E-state index contributed by atoms with van der Waals surface area (Å²) in [5.41, 5.74) is 1.13. The van der Waals surface area contributed by atoms with Gasteiger partial charge in [0.1, 0.15) is 5.78 Å². The van der Waals surface area contributed by atoms with E-state index in [2.05, 4.69) is 40.4 Å². The van der Waals surface area contributed by atoms with Crippen molar-refractivity contribution >= 4 is 14.1 Å². The van der Waals surface area contributed by atoms with Gasteiger partial charge in [0.25, 0.3) is 0 Å². The fourth-order valence-electron chi connectivity index (χ4n) is 2.46. The molecule has 0 aromatic rings. The predicted octanol–water partition coefficient (Wildman–Crippen LogP) is 4.43. The lowest BCUT2D eigenvalue weighted by molar-refractivity contribution is -0.120. The van der Waals surface area contributed by atoms with Gasteiger partial charge in [-0.25, -0.2) is 0 Å². The van der Waals surface area contributed by atoms with Gasteiger partial charge in [-0.2, -0.15) is 0 Å². The van der Waals surface area contributed by atoms with Crippen molar-refractivity contribution in [2.45, 2.75) is 59.2 Å². The zero-order chi connectivity index (χ0) is 15.0. The summed E-state index contributed by atoms with van der Waals surface area (Å²) in [6.45, 7) is 20.1. The van der Waals surface area contributed by atoms with E-state index in [1.165, 1.54) is 0 Å². The molecule has 0 radical (unpaired) electrons. The van der Waals surface area contributed by atoms with Crippen LogP contribution in [0, 0.1) is 17.8 Å². The molecule has 110 valence electrons.